The predicted octanol–water partition coefficient (Wildman–Crippen LogP) is 6.06. The minimum atomic E-state index is -0.237. The Morgan fingerprint density at radius 3 is 2.51 bits per heavy atom. The molecule has 0 aliphatic heterocycles. The number of fused-ring (bicyclic) bond motifs is 2. The van der Waals surface area contributed by atoms with E-state index in [0.29, 0.717) is 27.7 Å². The zero-order chi connectivity index (χ0) is 27.9. The van der Waals surface area contributed by atoms with Crippen LogP contribution in [0, 0.1) is 6.92 Å². The van der Waals surface area contributed by atoms with E-state index < -0.39 is 0 Å². The van der Waals surface area contributed by atoms with E-state index in [1.165, 1.54) is 15.9 Å². The molecular weight excluding hydrogens is 534 g/mol. The molecule has 7 aromatic rings. The van der Waals surface area contributed by atoms with Gasteiger partial charge in [-0.25, -0.2) is 4.68 Å². The fourth-order valence-electron chi connectivity index (χ4n) is 4.82. The van der Waals surface area contributed by atoms with E-state index in [1.807, 2.05) is 103 Å². The minimum Gasteiger partial charge on any atom is -0.494 e. The van der Waals surface area contributed by atoms with Crippen molar-refractivity contribution in [3.8, 4) is 34.3 Å². The summed E-state index contributed by atoms with van der Waals surface area (Å²) in [4.78, 5) is 18.6. The van der Waals surface area contributed by atoms with Crippen molar-refractivity contribution in [3.63, 3.8) is 0 Å². The molecule has 0 amide bonds. The fraction of sp³-hybridized carbons (Fsp3) is 0.125. The summed E-state index contributed by atoms with van der Waals surface area (Å²) in [5.41, 5.74) is 4.89. The quantitative estimate of drug-likeness (QED) is 0.236. The summed E-state index contributed by atoms with van der Waals surface area (Å²) in [6, 6.07) is 25.6. The van der Waals surface area contributed by atoms with Crippen LogP contribution in [0.2, 0.25) is 0 Å². The van der Waals surface area contributed by atoms with Crippen molar-refractivity contribution in [1.29, 1.82) is 0 Å². The monoisotopic (exact) mass is 559 g/mol. The van der Waals surface area contributed by atoms with Gasteiger partial charge in [-0.1, -0.05) is 54.7 Å². The first-order valence-corrected chi connectivity index (χ1v) is 14.2. The first-order valence-electron chi connectivity index (χ1n) is 13.4. The number of rotatable bonds is 7. The van der Waals surface area contributed by atoms with Gasteiger partial charge in [-0.05, 0) is 61.9 Å². The van der Waals surface area contributed by atoms with Crippen LogP contribution in [0.1, 0.15) is 24.5 Å². The van der Waals surface area contributed by atoms with Gasteiger partial charge in [0, 0.05) is 28.3 Å². The van der Waals surface area contributed by atoms with Gasteiger partial charge in [0.2, 0.25) is 10.8 Å². The van der Waals surface area contributed by atoms with Gasteiger partial charge in [0.05, 0.1) is 16.8 Å². The zero-order valence-corrected chi connectivity index (χ0v) is 23.3. The molecule has 0 spiro atoms. The highest BCUT2D eigenvalue weighted by Crippen LogP contribution is 2.31. The molecule has 3 aromatic carbocycles. The van der Waals surface area contributed by atoms with Crippen LogP contribution in [0.25, 0.3) is 50.5 Å². The van der Waals surface area contributed by atoms with E-state index in [0.717, 1.165) is 51.2 Å². The number of para-hydroxylation sites is 2. The highest BCUT2D eigenvalue weighted by Gasteiger charge is 2.19. The maximum absolute atomic E-state index is 13.5. The fourth-order valence-corrected chi connectivity index (χ4v) is 5.72. The maximum Gasteiger partial charge on any atom is 0.291 e. The number of aryl methyl sites for hydroxylation is 1. The summed E-state index contributed by atoms with van der Waals surface area (Å²) in [7, 11) is 0. The van der Waals surface area contributed by atoms with Crippen LogP contribution >= 0.6 is 11.3 Å². The average Bonchev–Trinajstić information content (AvgIpc) is 3.77. The molecule has 0 radical (unpaired) electrons. The van der Waals surface area contributed by atoms with Crippen molar-refractivity contribution >= 4 is 33.3 Å². The summed E-state index contributed by atoms with van der Waals surface area (Å²) in [5.74, 6) is 1.79. The zero-order valence-electron chi connectivity index (χ0n) is 22.4. The first-order chi connectivity index (χ1) is 20.1. The molecule has 0 saturated heterocycles. The van der Waals surface area contributed by atoms with Crippen LogP contribution in [0.3, 0.4) is 0 Å². The number of thiazole rings is 1. The second-order valence-corrected chi connectivity index (χ2v) is 10.7. The molecule has 41 heavy (non-hydrogen) atoms. The Hall–Kier alpha value is -5.02. The molecule has 7 rings (SSSR count). The summed E-state index contributed by atoms with van der Waals surface area (Å²) >= 11 is 1.29. The van der Waals surface area contributed by atoms with Crippen LogP contribution in [-0.2, 0) is 0 Å². The van der Waals surface area contributed by atoms with Gasteiger partial charge < -0.3 is 9.15 Å². The van der Waals surface area contributed by atoms with Crippen molar-refractivity contribution in [2.75, 3.05) is 6.61 Å². The predicted molar refractivity (Wildman–Crippen MR) is 161 cm³/mol. The first kappa shape index (κ1) is 25.0. The van der Waals surface area contributed by atoms with Gasteiger partial charge in [-0.3, -0.25) is 4.79 Å². The summed E-state index contributed by atoms with van der Waals surface area (Å²) < 4.78 is 15.5. The van der Waals surface area contributed by atoms with E-state index in [-0.39, 0.29) is 5.56 Å². The Morgan fingerprint density at radius 1 is 0.976 bits per heavy atom. The molecule has 0 N–H and O–H groups in total. The lowest BCUT2D eigenvalue weighted by Crippen LogP contribution is -2.23. The lowest BCUT2D eigenvalue weighted by molar-refractivity contribution is 0.317. The van der Waals surface area contributed by atoms with E-state index in [2.05, 4.69) is 17.0 Å². The SMILES string of the molecule is CCCOc1ccc(-c2nn(-c3ccccc3)cc2/C=c2\sc3nc(-c4oc5ccccc5c4C)nn3c2=O)cc1. The van der Waals surface area contributed by atoms with Crippen LogP contribution in [0.15, 0.2) is 94.3 Å². The van der Waals surface area contributed by atoms with Crippen molar-refractivity contribution < 1.29 is 9.15 Å². The summed E-state index contributed by atoms with van der Waals surface area (Å²) in [5, 5.41) is 10.4. The van der Waals surface area contributed by atoms with Gasteiger partial charge in [0.1, 0.15) is 17.0 Å². The molecule has 0 bridgehead atoms. The molecule has 0 atom stereocenters. The van der Waals surface area contributed by atoms with Crippen molar-refractivity contribution in [2.45, 2.75) is 20.3 Å². The van der Waals surface area contributed by atoms with E-state index in [1.54, 1.807) is 0 Å². The van der Waals surface area contributed by atoms with E-state index >= 15 is 0 Å². The maximum atomic E-state index is 13.5. The standard InChI is InChI=1S/C32H25N5O3S/c1-3-17-39-24-15-13-21(14-16-24)28-22(19-36(34-28)23-9-5-4-6-10-23)18-27-31(38)37-32(41-27)33-30(35-37)29-20(2)25-11-7-8-12-26(25)40-29/h4-16,18-19H,3,17H2,1-2H3/b27-18-. The van der Waals surface area contributed by atoms with Gasteiger partial charge in [0.25, 0.3) is 5.56 Å². The molecular formula is C32H25N5O3S. The molecule has 0 saturated carbocycles. The summed E-state index contributed by atoms with van der Waals surface area (Å²) in [6.07, 6.45) is 4.74. The smallest absolute Gasteiger partial charge is 0.291 e. The van der Waals surface area contributed by atoms with Gasteiger partial charge in [-0.15, -0.1) is 5.10 Å². The van der Waals surface area contributed by atoms with Crippen LogP contribution < -0.4 is 14.8 Å². The Balaban J connectivity index is 1.32. The highest BCUT2D eigenvalue weighted by atomic mass is 32.1. The number of ether oxygens (including phenoxy) is 1. The number of benzene rings is 3. The van der Waals surface area contributed by atoms with Crippen molar-refractivity contribution in [1.82, 2.24) is 24.4 Å². The Bertz CT molecular complexity index is 2120. The number of hydrogen-bond acceptors (Lipinski definition) is 7. The van der Waals surface area contributed by atoms with Gasteiger partial charge in [0.15, 0.2) is 5.76 Å². The molecule has 4 heterocycles. The molecule has 0 aliphatic rings. The number of furan rings is 1. The lowest BCUT2D eigenvalue weighted by atomic mass is 10.1. The molecule has 0 fully saturated rings. The van der Waals surface area contributed by atoms with Crippen LogP contribution in [0.5, 0.6) is 5.75 Å². The van der Waals surface area contributed by atoms with E-state index in [4.69, 9.17) is 14.3 Å². The Labute approximate surface area is 238 Å². The van der Waals surface area contributed by atoms with Crippen molar-refractivity contribution in [2.24, 2.45) is 0 Å². The van der Waals surface area contributed by atoms with Crippen LogP contribution in [-0.4, -0.2) is 31.0 Å². The highest BCUT2D eigenvalue weighted by molar-refractivity contribution is 7.15. The average molecular weight is 560 g/mol. The second kappa shape index (κ2) is 10.2. The third-order valence-electron chi connectivity index (χ3n) is 6.88. The van der Waals surface area contributed by atoms with Gasteiger partial charge >= 0.3 is 0 Å². The normalized spacial score (nSPS) is 12.1. The minimum absolute atomic E-state index is 0.237. The van der Waals surface area contributed by atoms with Gasteiger partial charge in [-0.2, -0.15) is 14.6 Å². The number of nitrogens with zero attached hydrogens (tertiary/aromatic N) is 5. The second-order valence-electron chi connectivity index (χ2n) is 9.68. The Kier molecular flexibility index (Phi) is 6.20. The van der Waals surface area contributed by atoms with Crippen molar-refractivity contribution in [3.05, 3.63) is 111 Å². The Morgan fingerprint density at radius 2 is 1.76 bits per heavy atom. The molecule has 0 aliphatic carbocycles. The third-order valence-corrected chi connectivity index (χ3v) is 7.84. The molecule has 0 unspecified atom stereocenters. The van der Waals surface area contributed by atoms with Crippen LogP contribution in [0.4, 0.5) is 0 Å². The van der Waals surface area contributed by atoms with E-state index in [9.17, 15) is 4.79 Å². The molecule has 4 aromatic heterocycles. The number of aromatic nitrogens is 5. The third kappa shape index (κ3) is 4.50. The molecule has 9 heteroatoms. The largest absolute Gasteiger partial charge is 0.494 e. The molecule has 8 nitrogen and oxygen atoms in total. The topological polar surface area (TPSA) is 87.4 Å². The lowest BCUT2D eigenvalue weighted by Gasteiger charge is -2.05. The number of hydrogen-bond donors (Lipinski definition) is 0. The summed E-state index contributed by atoms with van der Waals surface area (Å²) in [6.45, 7) is 4.72. The molecule has 202 valence electrons.